The minimum absolute atomic E-state index is 0.0883. The Labute approximate surface area is 123 Å². The number of nitrogens with one attached hydrogen (secondary N) is 1. The van der Waals surface area contributed by atoms with E-state index in [1.807, 2.05) is 43.3 Å². The summed E-state index contributed by atoms with van der Waals surface area (Å²) >= 11 is 0. The molecular formula is C16H18FN3O. The van der Waals surface area contributed by atoms with E-state index >= 15 is 0 Å². The summed E-state index contributed by atoms with van der Waals surface area (Å²) in [5, 5.41) is 14.9. The van der Waals surface area contributed by atoms with E-state index in [1.165, 1.54) is 6.07 Å². The molecule has 2 rings (SSSR count). The molecule has 21 heavy (non-hydrogen) atoms. The fraction of sp³-hybridized carbons (Fsp3) is 0.188. The van der Waals surface area contributed by atoms with E-state index < -0.39 is 0 Å². The Bertz CT molecular complexity index is 608. The van der Waals surface area contributed by atoms with Crippen molar-refractivity contribution in [1.29, 1.82) is 0 Å². The van der Waals surface area contributed by atoms with Crippen LogP contribution < -0.4 is 11.1 Å². The van der Waals surface area contributed by atoms with E-state index in [4.69, 9.17) is 10.9 Å². The number of halogens is 1. The summed E-state index contributed by atoms with van der Waals surface area (Å²) < 4.78 is 14.0. The maximum atomic E-state index is 14.0. The summed E-state index contributed by atoms with van der Waals surface area (Å²) in [6.45, 7) is 1.83. The first kappa shape index (κ1) is 14.8. The van der Waals surface area contributed by atoms with E-state index in [0.29, 0.717) is 5.69 Å². The highest BCUT2D eigenvalue weighted by Crippen LogP contribution is 2.27. The smallest absolute Gasteiger partial charge is 0.146 e. The number of hydrogen-bond acceptors (Lipinski definition) is 3. The van der Waals surface area contributed by atoms with Crippen LogP contribution in [0.3, 0.4) is 0 Å². The van der Waals surface area contributed by atoms with Crippen molar-refractivity contribution in [2.45, 2.75) is 19.4 Å². The third kappa shape index (κ3) is 3.72. The molecular weight excluding hydrogens is 269 g/mol. The molecule has 4 N–H and O–H groups in total. The molecule has 2 aromatic carbocycles. The molecule has 0 aliphatic carbocycles. The van der Waals surface area contributed by atoms with Gasteiger partial charge in [-0.05, 0) is 24.1 Å². The predicted molar refractivity (Wildman–Crippen MR) is 82.0 cm³/mol. The summed E-state index contributed by atoms with van der Waals surface area (Å²) in [6.07, 6.45) is 0.272. The number of amidine groups is 1. The van der Waals surface area contributed by atoms with Crippen molar-refractivity contribution in [3.05, 3.63) is 65.5 Å². The number of rotatable bonds is 5. The van der Waals surface area contributed by atoms with Gasteiger partial charge in [0, 0.05) is 6.42 Å². The zero-order valence-corrected chi connectivity index (χ0v) is 11.8. The molecule has 0 fully saturated rings. The van der Waals surface area contributed by atoms with Gasteiger partial charge in [0.15, 0.2) is 0 Å². The summed E-state index contributed by atoms with van der Waals surface area (Å²) in [6, 6.07) is 14.1. The molecule has 2 aromatic rings. The second kappa shape index (κ2) is 6.74. The third-order valence-electron chi connectivity index (χ3n) is 3.28. The molecule has 5 heteroatoms. The van der Waals surface area contributed by atoms with Gasteiger partial charge in [0.2, 0.25) is 0 Å². The fourth-order valence-corrected chi connectivity index (χ4v) is 2.18. The van der Waals surface area contributed by atoms with E-state index in [0.717, 1.165) is 11.1 Å². The highest BCUT2D eigenvalue weighted by Gasteiger charge is 2.16. The minimum Gasteiger partial charge on any atom is -0.409 e. The van der Waals surface area contributed by atoms with Crippen LogP contribution in [0, 0.1) is 12.7 Å². The topological polar surface area (TPSA) is 70.6 Å². The lowest BCUT2D eigenvalue weighted by Crippen LogP contribution is -2.21. The Kier molecular flexibility index (Phi) is 4.77. The number of nitrogens with two attached hydrogens (primary N) is 1. The number of aryl methyl sites for hydroxylation is 1. The number of oxime groups is 1. The first-order valence-corrected chi connectivity index (χ1v) is 6.65. The predicted octanol–water partition coefficient (Wildman–Crippen LogP) is 3.42. The van der Waals surface area contributed by atoms with Crippen LogP contribution in [0.4, 0.5) is 10.1 Å². The van der Waals surface area contributed by atoms with Gasteiger partial charge in [-0.3, -0.25) is 0 Å². The largest absolute Gasteiger partial charge is 0.409 e. The van der Waals surface area contributed by atoms with E-state index in [2.05, 4.69) is 10.5 Å². The molecule has 0 spiro atoms. The average Bonchev–Trinajstić information content (AvgIpc) is 2.50. The number of anilines is 1. The van der Waals surface area contributed by atoms with Crippen molar-refractivity contribution in [1.82, 2.24) is 0 Å². The van der Waals surface area contributed by atoms with Crippen LogP contribution in [0.2, 0.25) is 0 Å². The van der Waals surface area contributed by atoms with Gasteiger partial charge in [-0.15, -0.1) is 0 Å². The Hall–Kier alpha value is -2.56. The maximum Gasteiger partial charge on any atom is 0.146 e. The zero-order chi connectivity index (χ0) is 15.2. The van der Waals surface area contributed by atoms with E-state index in [1.54, 1.807) is 6.07 Å². The molecule has 0 radical (unpaired) electrons. The third-order valence-corrected chi connectivity index (χ3v) is 3.28. The Balaban J connectivity index is 2.32. The Morgan fingerprint density at radius 1 is 1.24 bits per heavy atom. The molecule has 4 nitrogen and oxygen atoms in total. The van der Waals surface area contributed by atoms with Gasteiger partial charge in [0.1, 0.15) is 11.7 Å². The number of hydrogen-bond donors (Lipinski definition) is 3. The lowest BCUT2D eigenvalue weighted by molar-refractivity contribution is 0.316. The number of para-hydroxylation sites is 1. The summed E-state index contributed by atoms with van der Waals surface area (Å²) in [5.74, 6) is -0.235. The summed E-state index contributed by atoms with van der Waals surface area (Å²) in [4.78, 5) is 0. The van der Waals surface area contributed by atoms with Gasteiger partial charge in [0.05, 0.1) is 11.7 Å². The molecule has 0 heterocycles. The van der Waals surface area contributed by atoms with Crippen LogP contribution in [-0.2, 0) is 0 Å². The van der Waals surface area contributed by atoms with Gasteiger partial charge in [0.25, 0.3) is 0 Å². The summed E-state index contributed by atoms with van der Waals surface area (Å²) in [7, 11) is 0. The lowest BCUT2D eigenvalue weighted by atomic mass is 10.0. The molecule has 0 aromatic heterocycles. The monoisotopic (exact) mass is 287 g/mol. The van der Waals surface area contributed by atoms with Gasteiger partial charge >= 0.3 is 0 Å². The molecule has 0 bridgehead atoms. The van der Waals surface area contributed by atoms with Crippen LogP contribution in [-0.4, -0.2) is 11.0 Å². The normalized spacial score (nSPS) is 13.0. The van der Waals surface area contributed by atoms with Crippen molar-refractivity contribution in [3.63, 3.8) is 0 Å². The van der Waals surface area contributed by atoms with Crippen LogP contribution in [0.5, 0.6) is 0 Å². The molecule has 0 aliphatic rings. The molecule has 0 aliphatic heterocycles. The highest BCUT2D eigenvalue weighted by molar-refractivity contribution is 5.81. The van der Waals surface area contributed by atoms with Crippen LogP contribution in [0.25, 0.3) is 0 Å². The molecule has 0 saturated heterocycles. The van der Waals surface area contributed by atoms with Crippen molar-refractivity contribution in [3.8, 4) is 0 Å². The number of nitrogens with zero attached hydrogens (tertiary/aromatic N) is 1. The second-order valence-corrected chi connectivity index (χ2v) is 4.83. The van der Waals surface area contributed by atoms with Crippen LogP contribution in [0.1, 0.15) is 23.6 Å². The van der Waals surface area contributed by atoms with E-state index in [9.17, 15) is 4.39 Å². The molecule has 110 valence electrons. The van der Waals surface area contributed by atoms with Crippen molar-refractivity contribution in [2.24, 2.45) is 10.9 Å². The van der Waals surface area contributed by atoms with Gasteiger partial charge in [-0.2, -0.15) is 0 Å². The zero-order valence-electron chi connectivity index (χ0n) is 11.8. The van der Waals surface area contributed by atoms with Crippen molar-refractivity contribution < 1.29 is 9.60 Å². The first-order chi connectivity index (χ1) is 10.1. The molecule has 1 atom stereocenters. The van der Waals surface area contributed by atoms with Crippen molar-refractivity contribution >= 4 is 11.5 Å². The van der Waals surface area contributed by atoms with Crippen LogP contribution in [0.15, 0.2) is 53.7 Å². The summed E-state index contributed by atoms with van der Waals surface area (Å²) in [5.41, 5.74) is 7.77. The Morgan fingerprint density at radius 2 is 1.95 bits per heavy atom. The number of benzene rings is 2. The maximum absolute atomic E-state index is 14.0. The molecule has 1 unspecified atom stereocenters. The lowest BCUT2D eigenvalue weighted by Gasteiger charge is -2.21. The second-order valence-electron chi connectivity index (χ2n) is 4.83. The van der Waals surface area contributed by atoms with Gasteiger partial charge < -0.3 is 16.3 Å². The average molecular weight is 287 g/mol. The van der Waals surface area contributed by atoms with Gasteiger partial charge in [-0.1, -0.05) is 47.6 Å². The first-order valence-electron chi connectivity index (χ1n) is 6.65. The van der Waals surface area contributed by atoms with Gasteiger partial charge in [-0.25, -0.2) is 4.39 Å². The molecule has 0 saturated carbocycles. The highest BCUT2D eigenvalue weighted by atomic mass is 19.1. The standard InChI is InChI=1S/C16H18FN3O/c1-11-6-5-9-13(17)16(11)19-14(10-15(18)20-21)12-7-3-2-4-8-12/h2-9,14,19,21H,10H2,1H3,(H2,18,20). The Morgan fingerprint density at radius 3 is 2.57 bits per heavy atom. The SMILES string of the molecule is Cc1cccc(F)c1NC(C/C(N)=N/O)c1ccccc1. The van der Waals surface area contributed by atoms with Crippen LogP contribution >= 0.6 is 0 Å². The van der Waals surface area contributed by atoms with Crippen molar-refractivity contribution in [2.75, 3.05) is 5.32 Å². The molecule has 0 amide bonds. The van der Waals surface area contributed by atoms with E-state index in [-0.39, 0.29) is 24.1 Å². The quantitative estimate of drug-likeness (QED) is 0.341. The minimum atomic E-state index is -0.324. The fourth-order valence-electron chi connectivity index (χ4n) is 2.18.